The summed E-state index contributed by atoms with van der Waals surface area (Å²) in [6, 6.07) is 10.2. The van der Waals surface area contributed by atoms with Gasteiger partial charge in [-0.05, 0) is 44.0 Å². The first-order valence-corrected chi connectivity index (χ1v) is 7.81. The van der Waals surface area contributed by atoms with Crippen molar-refractivity contribution in [3.63, 3.8) is 0 Å². The summed E-state index contributed by atoms with van der Waals surface area (Å²) in [5.41, 5.74) is 4.40. The summed E-state index contributed by atoms with van der Waals surface area (Å²) in [5.74, 6) is -0.113. The Labute approximate surface area is 133 Å². The maximum absolute atomic E-state index is 12.2. The summed E-state index contributed by atoms with van der Waals surface area (Å²) < 4.78 is 0. The lowest BCUT2D eigenvalue weighted by Gasteiger charge is -2.03. The fourth-order valence-electron chi connectivity index (χ4n) is 3.41. The van der Waals surface area contributed by atoms with E-state index in [0.717, 1.165) is 43.5 Å². The Morgan fingerprint density at radius 1 is 1.13 bits per heavy atom. The van der Waals surface area contributed by atoms with Crippen molar-refractivity contribution in [1.82, 2.24) is 5.32 Å². The zero-order valence-corrected chi connectivity index (χ0v) is 13.4. The lowest BCUT2D eigenvalue weighted by molar-refractivity contribution is -0.114. The Morgan fingerprint density at radius 2 is 1.91 bits per heavy atom. The van der Waals surface area contributed by atoms with Crippen LogP contribution in [0.3, 0.4) is 0 Å². The second kappa shape index (κ2) is 4.88. The van der Waals surface area contributed by atoms with E-state index in [2.05, 4.69) is 29.4 Å². The molecule has 2 aliphatic rings. The second-order valence-corrected chi connectivity index (χ2v) is 5.87. The molecule has 0 spiro atoms. The number of hydrogen-bond acceptors (Lipinski definition) is 3. The Balaban J connectivity index is 2.05. The number of para-hydroxylation sites is 1. The van der Waals surface area contributed by atoms with Crippen LogP contribution >= 0.6 is 0 Å². The monoisotopic (exact) mass is 303 g/mol. The zero-order valence-electron chi connectivity index (χ0n) is 13.4. The fraction of sp³-hybridized carbons (Fsp3) is 0.211. The van der Waals surface area contributed by atoms with Gasteiger partial charge in [0, 0.05) is 22.2 Å². The van der Waals surface area contributed by atoms with Crippen LogP contribution in [-0.4, -0.2) is 18.2 Å². The molecular formula is C19H17N3O. The molecule has 2 heterocycles. The maximum Gasteiger partial charge on any atom is 0.270 e. The van der Waals surface area contributed by atoms with Gasteiger partial charge < -0.3 is 5.32 Å². The number of carbonyl (C=O) groups excluding carboxylic acids is 1. The molecule has 0 aliphatic carbocycles. The predicted octanol–water partition coefficient (Wildman–Crippen LogP) is 1.94. The van der Waals surface area contributed by atoms with E-state index in [-0.39, 0.29) is 5.91 Å². The smallest absolute Gasteiger partial charge is 0.270 e. The Morgan fingerprint density at radius 3 is 2.70 bits per heavy atom. The van der Waals surface area contributed by atoms with Crippen molar-refractivity contribution in [2.75, 3.05) is 6.54 Å². The Bertz CT molecular complexity index is 1110. The standard InChI is InChI=1S/C19H17N3O/c1-4-20-19(23)18-11(3)16-10(2)17-13(9-15(16)22-18)12-7-5-6-8-14(12)21-17/h5-9H,4H2,1-3H3,(H,20,23). The van der Waals surface area contributed by atoms with Crippen molar-refractivity contribution in [2.45, 2.75) is 20.8 Å². The van der Waals surface area contributed by atoms with Gasteiger partial charge in [0.05, 0.1) is 16.7 Å². The average molecular weight is 303 g/mol. The molecule has 0 aromatic heterocycles. The molecule has 0 saturated heterocycles. The lowest BCUT2D eigenvalue weighted by atomic mass is 10.0. The van der Waals surface area contributed by atoms with Gasteiger partial charge in [0.25, 0.3) is 5.91 Å². The minimum atomic E-state index is -0.113. The Hall–Kier alpha value is -2.75. The van der Waals surface area contributed by atoms with E-state index >= 15 is 0 Å². The van der Waals surface area contributed by atoms with Crippen molar-refractivity contribution >= 4 is 28.6 Å². The van der Waals surface area contributed by atoms with E-state index in [1.807, 2.05) is 32.0 Å². The number of benzene rings is 2. The van der Waals surface area contributed by atoms with E-state index < -0.39 is 0 Å². The molecule has 0 bridgehead atoms. The molecule has 0 atom stereocenters. The highest BCUT2D eigenvalue weighted by atomic mass is 16.1. The number of nitrogens with zero attached hydrogens (tertiary/aromatic N) is 2. The first-order valence-electron chi connectivity index (χ1n) is 7.81. The van der Waals surface area contributed by atoms with E-state index in [0.29, 0.717) is 12.3 Å². The molecule has 0 unspecified atom stereocenters. The molecule has 4 rings (SSSR count). The minimum absolute atomic E-state index is 0.113. The number of amides is 1. The number of aliphatic imine (C=N–C) groups is 1. The van der Waals surface area contributed by atoms with Crippen LogP contribution in [0, 0.1) is 17.4 Å². The maximum atomic E-state index is 12.2. The van der Waals surface area contributed by atoms with Gasteiger partial charge >= 0.3 is 0 Å². The molecule has 0 saturated carbocycles. The molecule has 2 aromatic carbocycles. The van der Waals surface area contributed by atoms with Gasteiger partial charge in [-0.1, -0.05) is 18.2 Å². The molecular weight excluding hydrogens is 286 g/mol. The summed E-state index contributed by atoms with van der Waals surface area (Å²) in [6.45, 7) is 6.53. The number of carbonyl (C=O) groups is 1. The van der Waals surface area contributed by atoms with Crippen LogP contribution in [0.1, 0.15) is 19.4 Å². The van der Waals surface area contributed by atoms with Crippen LogP contribution in [0.15, 0.2) is 40.3 Å². The van der Waals surface area contributed by atoms with Crippen molar-refractivity contribution in [3.8, 4) is 0 Å². The highest BCUT2D eigenvalue weighted by Gasteiger charge is 2.23. The number of rotatable bonds is 2. The first kappa shape index (κ1) is 13.9. The number of fused-ring (bicyclic) bond motifs is 3. The van der Waals surface area contributed by atoms with Gasteiger partial charge in [0.2, 0.25) is 0 Å². The van der Waals surface area contributed by atoms with E-state index in [1.54, 1.807) is 0 Å². The van der Waals surface area contributed by atoms with Crippen molar-refractivity contribution < 1.29 is 4.79 Å². The molecule has 114 valence electrons. The second-order valence-electron chi connectivity index (χ2n) is 5.87. The topological polar surface area (TPSA) is 53.8 Å². The van der Waals surface area contributed by atoms with E-state index in [9.17, 15) is 4.79 Å². The van der Waals surface area contributed by atoms with Crippen molar-refractivity contribution in [2.24, 2.45) is 9.98 Å². The first-order chi connectivity index (χ1) is 11.1. The molecule has 0 radical (unpaired) electrons. The summed E-state index contributed by atoms with van der Waals surface area (Å²) in [5, 5.41) is 7.11. The van der Waals surface area contributed by atoms with Gasteiger partial charge in [0.15, 0.2) is 0 Å². The SMILES string of the molecule is CCNC(=O)C1=Nc2cc3c(c(C)c2=C1C)N=c1ccccc1=3. The third kappa shape index (κ3) is 1.88. The Kier molecular flexibility index (Phi) is 2.94. The average Bonchev–Trinajstić information content (AvgIpc) is 3.07. The third-order valence-electron chi connectivity index (χ3n) is 4.46. The quantitative estimate of drug-likeness (QED) is 0.773. The van der Waals surface area contributed by atoms with Gasteiger partial charge in [-0.25, -0.2) is 9.98 Å². The molecule has 23 heavy (non-hydrogen) atoms. The molecule has 1 amide bonds. The lowest BCUT2D eigenvalue weighted by Crippen LogP contribution is -2.31. The number of nitrogens with one attached hydrogen (secondary N) is 1. The fourth-order valence-corrected chi connectivity index (χ4v) is 3.41. The van der Waals surface area contributed by atoms with E-state index in [1.165, 1.54) is 0 Å². The van der Waals surface area contributed by atoms with Crippen LogP contribution in [0.25, 0.3) is 5.57 Å². The van der Waals surface area contributed by atoms with Crippen LogP contribution in [0.4, 0.5) is 11.4 Å². The number of hydrogen-bond donors (Lipinski definition) is 1. The predicted molar refractivity (Wildman–Crippen MR) is 90.6 cm³/mol. The highest BCUT2D eigenvalue weighted by molar-refractivity contribution is 6.54. The third-order valence-corrected chi connectivity index (χ3v) is 4.46. The van der Waals surface area contributed by atoms with Crippen molar-refractivity contribution in [1.29, 1.82) is 0 Å². The normalized spacial score (nSPS) is 13.9. The van der Waals surface area contributed by atoms with Crippen LogP contribution in [0.2, 0.25) is 0 Å². The van der Waals surface area contributed by atoms with Gasteiger partial charge in [-0.3, -0.25) is 4.79 Å². The molecule has 4 heteroatoms. The van der Waals surface area contributed by atoms with Crippen molar-refractivity contribution in [3.05, 3.63) is 56.9 Å². The zero-order chi connectivity index (χ0) is 16.1. The van der Waals surface area contributed by atoms with Gasteiger partial charge in [0.1, 0.15) is 5.71 Å². The van der Waals surface area contributed by atoms with Crippen LogP contribution in [0.5, 0.6) is 0 Å². The minimum Gasteiger partial charge on any atom is -0.351 e. The van der Waals surface area contributed by atoms with Gasteiger partial charge in [-0.15, -0.1) is 0 Å². The van der Waals surface area contributed by atoms with Crippen LogP contribution < -0.4 is 15.9 Å². The van der Waals surface area contributed by atoms with E-state index in [4.69, 9.17) is 4.99 Å². The highest BCUT2D eigenvalue weighted by Crippen LogP contribution is 2.28. The molecule has 4 nitrogen and oxygen atoms in total. The summed E-state index contributed by atoms with van der Waals surface area (Å²) >= 11 is 0. The molecule has 2 aliphatic heterocycles. The summed E-state index contributed by atoms with van der Waals surface area (Å²) in [4.78, 5) is 21.6. The molecule has 1 N–H and O–H groups in total. The largest absolute Gasteiger partial charge is 0.351 e. The molecule has 0 fully saturated rings. The summed E-state index contributed by atoms with van der Waals surface area (Å²) in [7, 11) is 0. The molecule has 2 aromatic rings. The van der Waals surface area contributed by atoms with Crippen LogP contribution in [-0.2, 0) is 4.79 Å². The summed E-state index contributed by atoms with van der Waals surface area (Å²) in [6.07, 6.45) is 0. The van der Waals surface area contributed by atoms with Gasteiger partial charge in [-0.2, -0.15) is 0 Å².